The second-order valence-corrected chi connectivity index (χ2v) is 8.59. The summed E-state index contributed by atoms with van der Waals surface area (Å²) in [6.07, 6.45) is 3.38. The Morgan fingerprint density at radius 3 is 2.29 bits per heavy atom. The molecule has 2 fully saturated rings. The average Bonchev–Trinajstić information content (AvgIpc) is 3.24. The van der Waals surface area contributed by atoms with E-state index in [0.717, 1.165) is 11.1 Å². The van der Waals surface area contributed by atoms with Crippen LogP contribution in [0, 0.1) is 23.2 Å². The van der Waals surface area contributed by atoms with E-state index < -0.39 is 29.4 Å². The van der Waals surface area contributed by atoms with Gasteiger partial charge in [0, 0.05) is 6.42 Å². The van der Waals surface area contributed by atoms with Crippen molar-refractivity contribution >= 4 is 17.9 Å². The van der Waals surface area contributed by atoms with Crippen molar-refractivity contribution in [3.8, 4) is 0 Å². The van der Waals surface area contributed by atoms with Crippen molar-refractivity contribution in [1.82, 2.24) is 0 Å². The Morgan fingerprint density at radius 1 is 1.00 bits per heavy atom. The lowest BCUT2D eigenvalue weighted by atomic mass is 9.58. The molecule has 3 aliphatic rings. The van der Waals surface area contributed by atoms with Gasteiger partial charge in [-0.3, -0.25) is 14.4 Å². The predicted octanol–water partition coefficient (Wildman–Crippen LogP) is 2.99. The third-order valence-electron chi connectivity index (χ3n) is 7.15. The fraction of sp³-hybridized carbons (Fsp3) is 0.542. The molecule has 0 bridgehead atoms. The van der Waals surface area contributed by atoms with Gasteiger partial charge in [0.15, 0.2) is 5.41 Å². The van der Waals surface area contributed by atoms with Crippen molar-refractivity contribution < 1.29 is 33.3 Å². The largest absolute Gasteiger partial charge is 0.469 e. The van der Waals surface area contributed by atoms with Crippen molar-refractivity contribution in [3.63, 3.8) is 0 Å². The van der Waals surface area contributed by atoms with E-state index in [1.165, 1.54) is 21.3 Å². The average molecular weight is 428 g/mol. The van der Waals surface area contributed by atoms with Crippen molar-refractivity contribution in [1.29, 1.82) is 0 Å². The fourth-order valence-corrected chi connectivity index (χ4v) is 5.65. The van der Waals surface area contributed by atoms with E-state index in [2.05, 4.69) is 6.08 Å². The van der Waals surface area contributed by atoms with Crippen LogP contribution in [0.4, 0.5) is 0 Å². The molecule has 1 saturated heterocycles. The summed E-state index contributed by atoms with van der Waals surface area (Å²) in [5, 5.41) is 0. The molecule has 4 rings (SSSR count). The van der Waals surface area contributed by atoms with Gasteiger partial charge >= 0.3 is 17.9 Å². The van der Waals surface area contributed by atoms with E-state index in [1.54, 1.807) is 0 Å². The number of carbonyl (C=O) groups is 3. The van der Waals surface area contributed by atoms with Crippen LogP contribution in [0.5, 0.6) is 0 Å². The van der Waals surface area contributed by atoms with Crippen molar-refractivity contribution in [2.45, 2.75) is 37.9 Å². The number of carbonyl (C=O) groups excluding carboxylic acids is 3. The summed E-state index contributed by atoms with van der Waals surface area (Å²) in [7, 11) is 3.89. The molecule has 5 atom stereocenters. The van der Waals surface area contributed by atoms with E-state index >= 15 is 0 Å². The van der Waals surface area contributed by atoms with Gasteiger partial charge in [-0.05, 0) is 42.2 Å². The highest BCUT2D eigenvalue weighted by molar-refractivity contribution is 6.00. The van der Waals surface area contributed by atoms with Crippen LogP contribution in [0.3, 0.4) is 0 Å². The highest BCUT2D eigenvalue weighted by atomic mass is 16.5. The molecule has 0 aromatic heterocycles. The number of allylic oxidation sites excluding steroid dienone is 1. The number of benzene rings is 1. The first-order valence-corrected chi connectivity index (χ1v) is 10.6. The maximum Gasteiger partial charge on any atom is 0.323 e. The smallest absolute Gasteiger partial charge is 0.323 e. The lowest BCUT2D eigenvalue weighted by molar-refractivity contribution is -0.178. The SMILES string of the molecule is COC(=O)[C@H]1[C@@H]2CC(C(=O)OC)(C(=O)OC)CC[C@H]2C=C2C[C@H](c3ccccc3)O[C@H]21. The standard InChI is InChI=1S/C24H28O7/c1-28-21(25)19-17-13-24(22(26)29-2,23(27)30-3)10-9-15(17)11-16-12-18(31-20(16)19)14-7-5-4-6-8-14/h4-8,11,15,17-20H,9-10,12-13H2,1-3H3/t15-,17+,18+,19-,20+/m0/s1. The number of fused-ring (bicyclic) bond motifs is 2. The fourth-order valence-electron chi connectivity index (χ4n) is 5.65. The molecule has 1 aliphatic heterocycles. The van der Waals surface area contributed by atoms with E-state index in [1.807, 2.05) is 30.3 Å². The van der Waals surface area contributed by atoms with Crippen LogP contribution in [0.2, 0.25) is 0 Å². The first-order valence-electron chi connectivity index (χ1n) is 10.6. The Kier molecular flexibility index (Phi) is 5.88. The van der Waals surface area contributed by atoms with Crippen LogP contribution < -0.4 is 0 Å². The minimum atomic E-state index is -1.42. The molecular weight excluding hydrogens is 400 g/mol. The Labute approximate surface area is 181 Å². The minimum Gasteiger partial charge on any atom is -0.469 e. The van der Waals surface area contributed by atoms with Crippen LogP contribution >= 0.6 is 0 Å². The van der Waals surface area contributed by atoms with Gasteiger partial charge < -0.3 is 18.9 Å². The molecular formula is C24H28O7. The van der Waals surface area contributed by atoms with Crippen LogP contribution in [0.1, 0.15) is 37.4 Å². The molecule has 1 heterocycles. The van der Waals surface area contributed by atoms with Gasteiger partial charge in [-0.2, -0.15) is 0 Å². The first-order chi connectivity index (χ1) is 14.9. The quantitative estimate of drug-likeness (QED) is 0.315. The summed E-state index contributed by atoms with van der Waals surface area (Å²) in [5.41, 5.74) is 0.733. The molecule has 0 unspecified atom stereocenters. The lowest BCUT2D eigenvalue weighted by Gasteiger charge is -2.46. The zero-order valence-corrected chi connectivity index (χ0v) is 18.0. The molecule has 166 valence electrons. The van der Waals surface area contributed by atoms with Gasteiger partial charge in [-0.25, -0.2) is 0 Å². The van der Waals surface area contributed by atoms with Crippen molar-refractivity contribution in [2.75, 3.05) is 21.3 Å². The maximum absolute atomic E-state index is 12.9. The van der Waals surface area contributed by atoms with Crippen molar-refractivity contribution in [3.05, 3.63) is 47.5 Å². The third-order valence-corrected chi connectivity index (χ3v) is 7.15. The first kappa shape index (κ1) is 21.6. The Morgan fingerprint density at radius 2 is 1.68 bits per heavy atom. The summed E-state index contributed by atoms with van der Waals surface area (Å²) in [4.78, 5) is 38.3. The molecule has 1 aromatic carbocycles. The number of ether oxygens (including phenoxy) is 4. The molecule has 7 heteroatoms. The van der Waals surface area contributed by atoms with Gasteiger partial charge in [0.25, 0.3) is 0 Å². The second kappa shape index (κ2) is 8.46. The number of hydrogen-bond acceptors (Lipinski definition) is 7. The van der Waals surface area contributed by atoms with Crippen LogP contribution in [-0.4, -0.2) is 45.3 Å². The monoisotopic (exact) mass is 428 g/mol. The second-order valence-electron chi connectivity index (χ2n) is 8.59. The summed E-state index contributed by atoms with van der Waals surface area (Å²) in [5.74, 6) is -2.46. The summed E-state index contributed by atoms with van der Waals surface area (Å²) < 4.78 is 21.5. The number of methoxy groups -OCH3 is 3. The molecule has 0 radical (unpaired) electrons. The Balaban J connectivity index is 1.69. The van der Waals surface area contributed by atoms with E-state index in [9.17, 15) is 14.4 Å². The van der Waals surface area contributed by atoms with Crippen LogP contribution in [-0.2, 0) is 33.3 Å². The number of hydrogen-bond donors (Lipinski definition) is 0. The highest BCUT2D eigenvalue weighted by Gasteiger charge is 2.59. The van der Waals surface area contributed by atoms with Gasteiger partial charge in [0.1, 0.15) is 0 Å². The molecule has 0 amide bonds. The molecule has 1 aromatic rings. The van der Waals surface area contributed by atoms with E-state index in [0.29, 0.717) is 19.3 Å². The summed E-state index contributed by atoms with van der Waals surface area (Å²) >= 11 is 0. The normalized spacial score (nSPS) is 30.9. The number of rotatable bonds is 4. The molecule has 0 spiro atoms. The summed E-state index contributed by atoms with van der Waals surface area (Å²) in [6, 6.07) is 9.92. The molecule has 31 heavy (non-hydrogen) atoms. The zero-order valence-electron chi connectivity index (χ0n) is 18.0. The third kappa shape index (κ3) is 3.55. The Bertz CT molecular complexity index is 874. The van der Waals surface area contributed by atoms with Gasteiger partial charge in [0.05, 0.1) is 39.5 Å². The lowest BCUT2D eigenvalue weighted by Crippen LogP contribution is -2.52. The topological polar surface area (TPSA) is 88.1 Å². The molecule has 0 N–H and O–H groups in total. The van der Waals surface area contributed by atoms with Gasteiger partial charge in [-0.1, -0.05) is 36.4 Å². The van der Waals surface area contributed by atoms with E-state index in [4.69, 9.17) is 18.9 Å². The van der Waals surface area contributed by atoms with Gasteiger partial charge in [0.2, 0.25) is 0 Å². The van der Waals surface area contributed by atoms with E-state index in [-0.39, 0.29) is 30.3 Å². The predicted molar refractivity (Wildman–Crippen MR) is 110 cm³/mol. The molecule has 1 saturated carbocycles. The summed E-state index contributed by atoms with van der Waals surface area (Å²) in [6.45, 7) is 0. The zero-order chi connectivity index (χ0) is 22.2. The van der Waals surface area contributed by atoms with Crippen LogP contribution in [0.25, 0.3) is 0 Å². The molecule has 2 aliphatic carbocycles. The Hall–Kier alpha value is -2.67. The molecule has 7 nitrogen and oxygen atoms in total. The van der Waals surface area contributed by atoms with Crippen molar-refractivity contribution in [2.24, 2.45) is 23.2 Å². The highest BCUT2D eigenvalue weighted by Crippen LogP contribution is 2.55. The maximum atomic E-state index is 12.9. The number of esters is 3. The van der Waals surface area contributed by atoms with Gasteiger partial charge in [-0.15, -0.1) is 0 Å². The van der Waals surface area contributed by atoms with Crippen LogP contribution in [0.15, 0.2) is 42.0 Å². The minimum absolute atomic E-state index is 0.0518.